The summed E-state index contributed by atoms with van der Waals surface area (Å²) in [5, 5.41) is 3.00. The minimum atomic E-state index is -4.31. The highest BCUT2D eigenvalue weighted by Gasteiger charge is 2.27. The number of ether oxygens (including phenoxy) is 1. The number of guanidine groups is 1. The van der Waals surface area contributed by atoms with Gasteiger partial charge in [0.2, 0.25) is 0 Å². The Morgan fingerprint density at radius 1 is 1.30 bits per heavy atom. The molecule has 0 aliphatic heterocycles. The van der Waals surface area contributed by atoms with Crippen molar-refractivity contribution in [3.05, 3.63) is 35.4 Å². The Bertz CT molecular complexity index is 493. The summed E-state index contributed by atoms with van der Waals surface area (Å²) in [7, 11) is 0. The van der Waals surface area contributed by atoms with E-state index >= 15 is 0 Å². The number of hydrogen-bond donors (Lipinski definition) is 2. The van der Waals surface area contributed by atoms with Crippen LogP contribution in [0.4, 0.5) is 13.2 Å². The van der Waals surface area contributed by atoms with Crippen molar-refractivity contribution >= 4 is 29.9 Å². The first-order valence-corrected chi connectivity index (χ1v) is 7.02. The number of nitrogens with one attached hydrogen (secondary N) is 1. The third-order valence-electron chi connectivity index (χ3n) is 2.65. The van der Waals surface area contributed by atoms with Crippen LogP contribution >= 0.6 is 24.0 Å². The van der Waals surface area contributed by atoms with Crippen LogP contribution in [0.1, 0.15) is 25.0 Å². The minimum Gasteiger partial charge on any atom is -0.370 e. The van der Waals surface area contributed by atoms with E-state index in [4.69, 9.17) is 5.73 Å². The normalized spacial score (nSPS) is 12.2. The summed E-state index contributed by atoms with van der Waals surface area (Å²) in [6.45, 7) is 3.89. The first-order valence-electron chi connectivity index (χ1n) is 7.02. The summed E-state index contributed by atoms with van der Waals surface area (Å²) in [6, 6.07) is 7.07. The Hall–Kier alpha value is -1.03. The van der Waals surface area contributed by atoms with Gasteiger partial charge in [-0.2, -0.15) is 13.2 Å². The first kappa shape index (κ1) is 22.0. The van der Waals surface area contributed by atoms with Gasteiger partial charge in [-0.1, -0.05) is 38.1 Å². The molecule has 0 atom stereocenters. The molecular formula is C15H23F3IN3O. The van der Waals surface area contributed by atoms with E-state index < -0.39 is 12.8 Å². The van der Waals surface area contributed by atoms with Crippen LogP contribution in [0.5, 0.6) is 0 Å². The molecule has 0 radical (unpaired) electrons. The van der Waals surface area contributed by atoms with Crippen molar-refractivity contribution < 1.29 is 17.9 Å². The summed E-state index contributed by atoms with van der Waals surface area (Å²) in [6.07, 6.45) is -4.31. The zero-order chi connectivity index (χ0) is 16.6. The molecule has 0 saturated heterocycles. The number of rotatable bonds is 7. The highest BCUT2D eigenvalue weighted by atomic mass is 127. The zero-order valence-electron chi connectivity index (χ0n) is 13.2. The number of nitrogens with two attached hydrogens (primary N) is 1. The minimum absolute atomic E-state index is 0. The summed E-state index contributed by atoms with van der Waals surface area (Å²) in [4.78, 5) is 4.19. The molecule has 1 aromatic rings. The number of benzene rings is 1. The fourth-order valence-corrected chi connectivity index (χ4v) is 1.64. The van der Waals surface area contributed by atoms with E-state index in [-0.39, 0.29) is 30.6 Å². The van der Waals surface area contributed by atoms with E-state index in [1.165, 1.54) is 0 Å². The molecule has 4 nitrogen and oxygen atoms in total. The molecule has 0 unspecified atom stereocenters. The number of hydrogen-bond acceptors (Lipinski definition) is 2. The number of nitrogens with zero attached hydrogens (tertiary/aromatic N) is 1. The lowest BCUT2D eigenvalue weighted by Crippen LogP contribution is -2.34. The fourth-order valence-electron chi connectivity index (χ4n) is 1.64. The van der Waals surface area contributed by atoms with E-state index in [2.05, 4.69) is 28.9 Å². The number of alkyl halides is 3. The van der Waals surface area contributed by atoms with Gasteiger partial charge in [0.1, 0.15) is 6.61 Å². The summed E-state index contributed by atoms with van der Waals surface area (Å²) in [5.74, 6) is 0.815. The first-order chi connectivity index (χ1) is 10.3. The molecule has 1 aromatic carbocycles. The van der Waals surface area contributed by atoms with Crippen LogP contribution in [-0.2, 0) is 17.9 Å². The Morgan fingerprint density at radius 2 is 1.96 bits per heavy atom. The van der Waals surface area contributed by atoms with Gasteiger partial charge < -0.3 is 15.8 Å². The Morgan fingerprint density at radius 3 is 2.57 bits per heavy atom. The highest BCUT2D eigenvalue weighted by molar-refractivity contribution is 14.0. The standard InChI is InChI=1S/C15H22F3N3O.HI/c1-11(2)7-20-14(19)21-8-12-4-3-5-13(6-12)9-22-10-15(16,17)18;/h3-6,11H,7-10H2,1-2H3,(H3,19,20,21);1H. The Labute approximate surface area is 151 Å². The van der Waals surface area contributed by atoms with Crippen molar-refractivity contribution in [2.45, 2.75) is 33.2 Å². The van der Waals surface area contributed by atoms with Crippen molar-refractivity contribution in [2.24, 2.45) is 16.6 Å². The molecule has 23 heavy (non-hydrogen) atoms. The van der Waals surface area contributed by atoms with Gasteiger partial charge in [0.25, 0.3) is 0 Å². The molecule has 0 saturated carbocycles. The van der Waals surface area contributed by atoms with E-state index in [0.29, 0.717) is 24.0 Å². The molecule has 8 heteroatoms. The monoisotopic (exact) mass is 445 g/mol. The van der Waals surface area contributed by atoms with E-state index in [0.717, 1.165) is 12.1 Å². The van der Waals surface area contributed by atoms with Crippen molar-refractivity contribution in [3.8, 4) is 0 Å². The fraction of sp³-hybridized carbons (Fsp3) is 0.533. The van der Waals surface area contributed by atoms with Crippen LogP contribution < -0.4 is 11.1 Å². The van der Waals surface area contributed by atoms with Gasteiger partial charge in [-0.05, 0) is 17.0 Å². The molecule has 0 heterocycles. The lowest BCUT2D eigenvalue weighted by molar-refractivity contribution is -0.176. The summed E-state index contributed by atoms with van der Waals surface area (Å²) in [5.41, 5.74) is 7.26. The molecule has 0 aliphatic rings. The van der Waals surface area contributed by atoms with E-state index in [1.807, 2.05) is 6.07 Å². The maximum Gasteiger partial charge on any atom is 0.411 e. The molecule has 0 amide bonds. The predicted octanol–water partition coefficient (Wildman–Crippen LogP) is 3.44. The van der Waals surface area contributed by atoms with Gasteiger partial charge in [0.05, 0.1) is 13.2 Å². The number of aliphatic imine (C=N–C) groups is 1. The van der Waals surface area contributed by atoms with Crippen LogP contribution in [0, 0.1) is 5.92 Å². The lowest BCUT2D eigenvalue weighted by atomic mass is 10.1. The SMILES string of the molecule is CC(C)CNC(N)=NCc1cccc(COCC(F)(F)F)c1.I. The molecule has 132 valence electrons. The quantitative estimate of drug-likeness (QED) is 0.384. The molecule has 3 N–H and O–H groups in total. The maximum atomic E-state index is 12.0. The molecule has 0 bridgehead atoms. The average molecular weight is 445 g/mol. The van der Waals surface area contributed by atoms with Gasteiger partial charge in [0, 0.05) is 6.54 Å². The maximum absolute atomic E-state index is 12.0. The van der Waals surface area contributed by atoms with Crippen LogP contribution in [0.2, 0.25) is 0 Å². The largest absolute Gasteiger partial charge is 0.411 e. The average Bonchev–Trinajstić information content (AvgIpc) is 2.42. The van der Waals surface area contributed by atoms with Crippen LogP contribution in [0.15, 0.2) is 29.3 Å². The van der Waals surface area contributed by atoms with Crippen molar-refractivity contribution in [3.63, 3.8) is 0 Å². The van der Waals surface area contributed by atoms with E-state index in [1.54, 1.807) is 18.2 Å². The second-order valence-corrected chi connectivity index (χ2v) is 5.40. The van der Waals surface area contributed by atoms with Crippen molar-refractivity contribution in [1.82, 2.24) is 5.32 Å². The van der Waals surface area contributed by atoms with Gasteiger partial charge in [0.15, 0.2) is 5.96 Å². The van der Waals surface area contributed by atoms with Gasteiger partial charge in [-0.3, -0.25) is 0 Å². The Balaban J connectivity index is 0.00000484. The van der Waals surface area contributed by atoms with Crippen LogP contribution in [0.25, 0.3) is 0 Å². The topological polar surface area (TPSA) is 59.6 Å². The van der Waals surface area contributed by atoms with Crippen molar-refractivity contribution in [1.29, 1.82) is 0 Å². The second-order valence-electron chi connectivity index (χ2n) is 5.40. The highest BCUT2D eigenvalue weighted by Crippen LogP contribution is 2.16. The molecular weight excluding hydrogens is 422 g/mol. The third kappa shape index (κ3) is 11.2. The molecule has 0 aliphatic carbocycles. The summed E-state index contributed by atoms with van der Waals surface area (Å²) >= 11 is 0. The molecule has 0 aromatic heterocycles. The van der Waals surface area contributed by atoms with E-state index in [9.17, 15) is 13.2 Å². The molecule has 0 fully saturated rings. The predicted molar refractivity (Wildman–Crippen MR) is 95.7 cm³/mol. The van der Waals surface area contributed by atoms with Gasteiger partial charge in [-0.25, -0.2) is 4.99 Å². The summed E-state index contributed by atoms with van der Waals surface area (Å²) < 4.78 is 40.7. The van der Waals surface area contributed by atoms with Crippen LogP contribution in [0.3, 0.4) is 0 Å². The zero-order valence-corrected chi connectivity index (χ0v) is 15.5. The van der Waals surface area contributed by atoms with Gasteiger partial charge >= 0.3 is 6.18 Å². The molecule has 1 rings (SSSR count). The number of halogens is 4. The van der Waals surface area contributed by atoms with Gasteiger partial charge in [-0.15, -0.1) is 24.0 Å². The smallest absolute Gasteiger partial charge is 0.370 e. The van der Waals surface area contributed by atoms with Crippen molar-refractivity contribution in [2.75, 3.05) is 13.2 Å². The Kier molecular flexibility index (Phi) is 10.2. The third-order valence-corrected chi connectivity index (χ3v) is 2.65. The lowest BCUT2D eigenvalue weighted by Gasteiger charge is -2.09. The van der Waals surface area contributed by atoms with Crippen LogP contribution in [-0.4, -0.2) is 25.3 Å². The second kappa shape index (κ2) is 10.7. The molecule has 0 spiro atoms.